The Kier molecular flexibility index (Phi) is 2.49. The zero-order valence-corrected chi connectivity index (χ0v) is 8.90. The molecule has 1 aliphatic heterocycles. The maximum absolute atomic E-state index is 11.6. The van der Waals surface area contributed by atoms with Gasteiger partial charge in [0.2, 0.25) is 5.79 Å². The number of hydrogen-bond acceptors (Lipinski definition) is 3. The van der Waals surface area contributed by atoms with Crippen LogP contribution in [0, 0.1) is 0 Å². The largest absolute Gasteiger partial charge is 0.431 e. The number of rotatable bonds is 2. The standard InChI is InChI=1S/C12H14O3/c1-3-12(2)14-10(11(13)15-12)9-7-5-4-6-8-9/h4-8,10H,3H2,1-2H3/t10-,12+/m1/s1. The fourth-order valence-electron chi connectivity index (χ4n) is 1.58. The minimum Gasteiger partial charge on any atom is -0.431 e. The molecule has 1 saturated heterocycles. The number of carbonyl (C=O) groups is 1. The lowest BCUT2D eigenvalue weighted by molar-refractivity contribution is -0.169. The third-order valence-corrected chi connectivity index (χ3v) is 2.64. The van der Waals surface area contributed by atoms with E-state index in [9.17, 15) is 4.79 Å². The summed E-state index contributed by atoms with van der Waals surface area (Å²) in [5.74, 6) is -1.07. The van der Waals surface area contributed by atoms with Crippen LogP contribution < -0.4 is 0 Å². The molecule has 1 aliphatic rings. The van der Waals surface area contributed by atoms with Crippen molar-refractivity contribution in [2.45, 2.75) is 32.2 Å². The Morgan fingerprint density at radius 3 is 2.53 bits per heavy atom. The lowest BCUT2D eigenvalue weighted by Crippen LogP contribution is -2.24. The SMILES string of the molecule is CC[C@]1(C)OC(=O)[C@@H](c2ccccc2)O1. The molecule has 0 unspecified atom stereocenters. The van der Waals surface area contributed by atoms with E-state index in [1.54, 1.807) is 6.92 Å². The van der Waals surface area contributed by atoms with Gasteiger partial charge in [0.15, 0.2) is 6.10 Å². The van der Waals surface area contributed by atoms with Gasteiger partial charge in [-0.15, -0.1) is 0 Å². The summed E-state index contributed by atoms with van der Waals surface area (Å²) in [6.07, 6.45) is 0.0818. The minimum absolute atomic E-state index is 0.300. The Balaban J connectivity index is 2.23. The van der Waals surface area contributed by atoms with E-state index in [0.29, 0.717) is 6.42 Å². The molecule has 0 spiro atoms. The molecule has 1 aromatic carbocycles. The molecule has 0 amide bonds. The van der Waals surface area contributed by atoms with Crippen molar-refractivity contribution in [2.75, 3.05) is 0 Å². The summed E-state index contributed by atoms with van der Waals surface area (Å²) in [6.45, 7) is 3.72. The smallest absolute Gasteiger partial charge is 0.342 e. The predicted octanol–water partition coefficient (Wildman–Crippen LogP) is 2.43. The number of carbonyl (C=O) groups excluding carboxylic acids is 1. The Morgan fingerprint density at radius 2 is 2.00 bits per heavy atom. The molecule has 80 valence electrons. The summed E-state index contributed by atoms with van der Waals surface area (Å²) in [6, 6.07) is 9.41. The van der Waals surface area contributed by atoms with Crippen molar-refractivity contribution in [3.05, 3.63) is 35.9 Å². The average molecular weight is 206 g/mol. The highest BCUT2D eigenvalue weighted by Gasteiger charge is 2.43. The third-order valence-electron chi connectivity index (χ3n) is 2.64. The Bertz CT molecular complexity index is 360. The van der Waals surface area contributed by atoms with Crippen molar-refractivity contribution in [1.29, 1.82) is 0 Å². The number of esters is 1. The van der Waals surface area contributed by atoms with Gasteiger partial charge >= 0.3 is 5.97 Å². The second kappa shape index (κ2) is 3.66. The van der Waals surface area contributed by atoms with Crippen LogP contribution in [0.1, 0.15) is 31.9 Å². The first-order chi connectivity index (χ1) is 7.14. The molecule has 0 bridgehead atoms. The molecule has 0 N–H and O–H groups in total. The van der Waals surface area contributed by atoms with Crippen molar-refractivity contribution in [1.82, 2.24) is 0 Å². The summed E-state index contributed by atoms with van der Waals surface area (Å²) >= 11 is 0. The summed E-state index contributed by atoms with van der Waals surface area (Å²) in [5, 5.41) is 0. The van der Waals surface area contributed by atoms with Crippen molar-refractivity contribution in [2.24, 2.45) is 0 Å². The van der Waals surface area contributed by atoms with E-state index < -0.39 is 11.9 Å². The second-order valence-corrected chi connectivity index (χ2v) is 3.82. The zero-order valence-electron chi connectivity index (χ0n) is 8.90. The van der Waals surface area contributed by atoms with Gasteiger partial charge in [-0.2, -0.15) is 0 Å². The van der Waals surface area contributed by atoms with Gasteiger partial charge in [0.25, 0.3) is 0 Å². The summed E-state index contributed by atoms with van der Waals surface area (Å²) in [7, 11) is 0. The van der Waals surface area contributed by atoms with Gasteiger partial charge in [0, 0.05) is 13.3 Å². The van der Waals surface area contributed by atoms with E-state index in [1.807, 2.05) is 37.3 Å². The monoisotopic (exact) mass is 206 g/mol. The van der Waals surface area contributed by atoms with Crippen LogP contribution in [0.5, 0.6) is 0 Å². The molecule has 3 heteroatoms. The van der Waals surface area contributed by atoms with Crippen molar-refractivity contribution >= 4 is 5.97 Å². The van der Waals surface area contributed by atoms with E-state index in [2.05, 4.69) is 0 Å². The van der Waals surface area contributed by atoms with Crippen molar-refractivity contribution < 1.29 is 14.3 Å². The van der Waals surface area contributed by atoms with Crippen LogP contribution in [0.3, 0.4) is 0 Å². The van der Waals surface area contributed by atoms with E-state index in [-0.39, 0.29) is 5.97 Å². The predicted molar refractivity (Wildman–Crippen MR) is 55.1 cm³/mol. The van der Waals surface area contributed by atoms with E-state index in [1.165, 1.54) is 0 Å². The second-order valence-electron chi connectivity index (χ2n) is 3.82. The number of hydrogen-bond donors (Lipinski definition) is 0. The van der Waals surface area contributed by atoms with E-state index in [0.717, 1.165) is 5.56 Å². The first kappa shape index (κ1) is 10.2. The lowest BCUT2D eigenvalue weighted by Gasteiger charge is -2.19. The van der Waals surface area contributed by atoms with Gasteiger partial charge in [-0.05, 0) is 5.56 Å². The number of cyclic esters (lactones) is 1. The molecule has 0 aliphatic carbocycles. The van der Waals surface area contributed by atoms with Crippen molar-refractivity contribution in [3.63, 3.8) is 0 Å². The molecule has 2 atom stereocenters. The summed E-state index contributed by atoms with van der Waals surface area (Å²) < 4.78 is 10.8. The molecule has 1 aromatic rings. The minimum atomic E-state index is -0.766. The van der Waals surface area contributed by atoms with Crippen LogP contribution in [0.15, 0.2) is 30.3 Å². The first-order valence-corrected chi connectivity index (χ1v) is 5.10. The Labute approximate surface area is 89.0 Å². The highest BCUT2D eigenvalue weighted by molar-refractivity contribution is 5.78. The van der Waals surface area contributed by atoms with Gasteiger partial charge in [-0.1, -0.05) is 37.3 Å². The molecule has 0 radical (unpaired) electrons. The van der Waals surface area contributed by atoms with Gasteiger partial charge in [-0.3, -0.25) is 0 Å². The molecule has 0 aromatic heterocycles. The van der Waals surface area contributed by atoms with Crippen LogP contribution in [0.2, 0.25) is 0 Å². The van der Waals surface area contributed by atoms with Crippen molar-refractivity contribution in [3.8, 4) is 0 Å². The number of benzene rings is 1. The van der Waals surface area contributed by atoms with Gasteiger partial charge < -0.3 is 9.47 Å². The highest BCUT2D eigenvalue weighted by atomic mass is 16.8. The van der Waals surface area contributed by atoms with Crippen LogP contribution >= 0.6 is 0 Å². The topological polar surface area (TPSA) is 35.5 Å². The molecular weight excluding hydrogens is 192 g/mol. The van der Waals surface area contributed by atoms with Gasteiger partial charge in [0.05, 0.1) is 0 Å². The maximum atomic E-state index is 11.6. The molecular formula is C12H14O3. The fourth-order valence-corrected chi connectivity index (χ4v) is 1.58. The molecule has 3 nitrogen and oxygen atoms in total. The molecule has 1 fully saturated rings. The summed E-state index contributed by atoms with van der Waals surface area (Å²) in [5.41, 5.74) is 0.847. The quantitative estimate of drug-likeness (QED) is 0.697. The first-order valence-electron chi connectivity index (χ1n) is 5.10. The average Bonchev–Trinajstić information content (AvgIpc) is 2.57. The normalized spacial score (nSPS) is 30.3. The molecule has 15 heavy (non-hydrogen) atoms. The maximum Gasteiger partial charge on any atom is 0.342 e. The Hall–Kier alpha value is -1.35. The number of ether oxygens (including phenoxy) is 2. The molecule has 1 heterocycles. The Morgan fingerprint density at radius 1 is 1.33 bits per heavy atom. The van der Waals surface area contributed by atoms with Crippen LogP contribution in [0.25, 0.3) is 0 Å². The molecule has 0 saturated carbocycles. The van der Waals surface area contributed by atoms with Gasteiger partial charge in [-0.25, -0.2) is 4.79 Å². The highest BCUT2D eigenvalue weighted by Crippen LogP contribution is 2.35. The summed E-state index contributed by atoms with van der Waals surface area (Å²) in [4.78, 5) is 11.6. The third kappa shape index (κ3) is 1.88. The van der Waals surface area contributed by atoms with E-state index >= 15 is 0 Å². The zero-order chi connectivity index (χ0) is 10.9. The van der Waals surface area contributed by atoms with E-state index in [4.69, 9.17) is 9.47 Å². The van der Waals surface area contributed by atoms with Crippen LogP contribution in [-0.4, -0.2) is 11.8 Å². The van der Waals surface area contributed by atoms with Crippen LogP contribution in [0.4, 0.5) is 0 Å². The lowest BCUT2D eigenvalue weighted by atomic mass is 10.1. The molecule has 2 rings (SSSR count). The fraction of sp³-hybridized carbons (Fsp3) is 0.417. The van der Waals surface area contributed by atoms with Gasteiger partial charge in [0.1, 0.15) is 0 Å². The van der Waals surface area contributed by atoms with Crippen LogP contribution in [-0.2, 0) is 14.3 Å².